The number of hydrogen-bond acceptors (Lipinski definition) is 4. The molecule has 0 saturated heterocycles. The average Bonchev–Trinajstić information content (AvgIpc) is 2.92. The molecule has 0 radical (unpaired) electrons. The lowest BCUT2D eigenvalue weighted by Crippen LogP contribution is -2.33. The fourth-order valence-corrected chi connectivity index (χ4v) is 7.80. The van der Waals surface area contributed by atoms with E-state index in [-0.39, 0.29) is 19.1 Å². The predicted octanol–water partition coefficient (Wildman–Crippen LogP) is 7.15. The Morgan fingerprint density at radius 3 is 2.22 bits per heavy atom. The molecule has 37 heavy (non-hydrogen) atoms. The van der Waals surface area contributed by atoms with Gasteiger partial charge in [-0.05, 0) is 55.9 Å². The van der Waals surface area contributed by atoms with E-state index in [4.69, 9.17) is 5.11 Å². The van der Waals surface area contributed by atoms with E-state index in [0.717, 1.165) is 24.6 Å². The molecular formula is C31H54N2O3Si. The first-order valence-electron chi connectivity index (χ1n) is 15.0. The Balaban J connectivity index is 1.40. The van der Waals surface area contributed by atoms with Gasteiger partial charge in [0, 0.05) is 32.4 Å². The van der Waals surface area contributed by atoms with E-state index < -0.39 is 14.2 Å². The van der Waals surface area contributed by atoms with Crippen molar-refractivity contribution < 1.29 is 15.0 Å². The van der Waals surface area contributed by atoms with Crippen LogP contribution in [0.3, 0.4) is 0 Å². The van der Waals surface area contributed by atoms with Crippen LogP contribution in [0.25, 0.3) is 0 Å². The Hall–Kier alpha value is -1.63. The number of amides is 1. The smallest absolute Gasteiger partial charge is 0.251 e. The van der Waals surface area contributed by atoms with Gasteiger partial charge in [-0.15, -0.1) is 0 Å². The molecular weight excluding hydrogens is 476 g/mol. The highest BCUT2D eigenvalue weighted by Gasteiger charge is 2.22. The van der Waals surface area contributed by atoms with Crippen molar-refractivity contribution in [3.05, 3.63) is 42.0 Å². The molecule has 0 aliphatic heterocycles. The van der Waals surface area contributed by atoms with Crippen LogP contribution in [-0.4, -0.2) is 50.0 Å². The van der Waals surface area contributed by atoms with E-state index in [1.165, 1.54) is 89.1 Å². The van der Waals surface area contributed by atoms with Crippen molar-refractivity contribution in [3.8, 4) is 0 Å². The molecule has 0 aromatic heterocycles. The van der Waals surface area contributed by atoms with E-state index in [1.807, 2.05) is 12.1 Å². The van der Waals surface area contributed by atoms with Gasteiger partial charge in [-0.25, -0.2) is 0 Å². The lowest BCUT2D eigenvalue weighted by Gasteiger charge is -2.26. The van der Waals surface area contributed by atoms with Crippen LogP contribution in [-0.2, 0) is 0 Å². The van der Waals surface area contributed by atoms with Crippen molar-refractivity contribution in [2.75, 3.05) is 25.0 Å². The van der Waals surface area contributed by atoms with E-state index in [1.54, 1.807) is 12.1 Å². The molecule has 1 amide bonds. The highest BCUT2D eigenvalue weighted by molar-refractivity contribution is 6.77. The first-order chi connectivity index (χ1) is 17.9. The number of anilines is 1. The normalized spacial score (nSPS) is 16.5. The maximum absolute atomic E-state index is 12.0. The molecule has 4 N–H and O–H groups in total. The number of rotatable bonds is 20. The Labute approximate surface area is 227 Å². The molecule has 2 rings (SSSR count). The second-order valence-corrected chi connectivity index (χ2v) is 17.2. The van der Waals surface area contributed by atoms with Gasteiger partial charge in [0.1, 0.15) is 0 Å². The summed E-state index contributed by atoms with van der Waals surface area (Å²) in [5.41, 5.74) is 1.57. The monoisotopic (exact) mass is 530 g/mol. The highest BCUT2D eigenvalue weighted by Crippen LogP contribution is 2.29. The lowest BCUT2D eigenvalue weighted by atomic mass is 9.92. The van der Waals surface area contributed by atoms with Crippen molar-refractivity contribution in [2.24, 2.45) is 5.92 Å². The number of aliphatic hydroxyl groups is 2. The molecule has 0 heterocycles. The topological polar surface area (TPSA) is 81.6 Å². The molecule has 0 spiro atoms. The maximum atomic E-state index is 12.0. The number of hydrogen-bond donors (Lipinski definition) is 4. The van der Waals surface area contributed by atoms with Gasteiger partial charge in [0.2, 0.25) is 0 Å². The third-order valence-corrected chi connectivity index (χ3v) is 11.2. The van der Waals surface area contributed by atoms with Gasteiger partial charge in [0.05, 0.1) is 12.7 Å². The third-order valence-electron chi connectivity index (χ3n) is 7.82. The molecule has 6 heteroatoms. The summed E-state index contributed by atoms with van der Waals surface area (Å²) in [6.07, 6.45) is 21.5. The molecule has 2 atom stereocenters. The summed E-state index contributed by atoms with van der Waals surface area (Å²) in [5.74, 6) is 0.729. The zero-order valence-electron chi connectivity index (χ0n) is 23.6. The summed E-state index contributed by atoms with van der Waals surface area (Å²) >= 11 is 0. The van der Waals surface area contributed by atoms with Gasteiger partial charge in [-0.2, -0.15) is 0 Å². The number of nitrogens with one attached hydrogen (secondary N) is 2. The number of benzene rings is 1. The highest BCUT2D eigenvalue weighted by atomic mass is 28.3. The van der Waals surface area contributed by atoms with Crippen LogP contribution in [0.4, 0.5) is 5.69 Å². The van der Waals surface area contributed by atoms with Crippen LogP contribution in [0.2, 0.25) is 25.2 Å². The SMILES string of the molecule is C[Si](C)(CCCCCCCCCCCNc1ccc(C(=O)NCC(O)CO)cc1)CCC1CC=CCC1. The first kappa shape index (κ1) is 31.6. The molecule has 1 aromatic carbocycles. The third kappa shape index (κ3) is 14.8. The van der Waals surface area contributed by atoms with Crippen LogP contribution in [0.15, 0.2) is 36.4 Å². The quantitative estimate of drug-likeness (QED) is 0.0820. The van der Waals surface area contributed by atoms with Crippen molar-refractivity contribution >= 4 is 19.7 Å². The summed E-state index contributed by atoms with van der Waals surface area (Å²) in [6.45, 7) is 5.87. The Morgan fingerprint density at radius 1 is 0.946 bits per heavy atom. The van der Waals surface area contributed by atoms with Crippen LogP contribution in [0.1, 0.15) is 93.8 Å². The van der Waals surface area contributed by atoms with E-state index in [0.29, 0.717) is 5.56 Å². The molecule has 1 aliphatic carbocycles. The number of unbranched alkanes of at least 4 members (excludes halogenated alkanes) is 8. The minimum absolute atomic E-state index is 0.0494. The Bertz CT molecular complexity index is 766. The second-order valence-electron chi connectivity index (χ2n) is 11.8. The van der Waals surface area contributed by atoms with Gasteiger partial charge < -0.3 is 20.8 Å². The number of carbonyl (C=O) groups is 1. The summed E-state index contributed by atoms with van der Waals surface area (Å²) in [4.78, 5) is 12.0. The van der Waals surface area contributed by atoms with Crippen LogP contribution >= 0.6 is 0 Å². The largest absolute Gasteiger partial charge is 0.394 e. The minimum atomic E-state index is -0.986. The molecule has 2 unspecified atom stereocenters. The summed E-state index contributed by atoms with van der Waals surface area (Å²) in [6, 6.07) is 10.4. The van der Waals surface area contributed by atoms with Gasteiger partial charge in [0.15, 0.2) is 0 Å². The number of allylic oxidation sites excluding steroid dienone is 2. The van der Waals surface area contributed by atoms with Crippen molar-refractivity contribution in [2.45, 2.75) is 115 Å². The van der Waals surface area contributed by atoms with E-state index in [2.05, 4.69) is 35.9 Å². The number of carbonyl (C=O) groups excluding carboxylic acids is 1. The van der Waals surface area contributed by atoms with E-state index >= 15 is 0 Å². The minimum Gasteiger partial charge on any atom is -0.394 e. The number of aliphatic hydroxyl groups excluding tert-OH is 2. The summed E-state index contributed by atoms with van der Waals surface area (Å²) in [7, 11) is -0.986. The first-order valence-corrected chi connectivity index (χ1v) is 18.4. The van der Waals surface area contributed by atoms with Crippen molar-refractivity contribution in [1.82, 2.24) is 5.32 Å². The molecule has 5 nitrogen and oxygen atoms in total. The Kier molecular flexibility index (Phi) is 15.9. The van der Waals surface area contributed by atoms with Crippen LogP contribution in [0.5, 0.6) is 0 Å². The molecule has 1 aliphatic rings. The zero-order chi connectivity index (χ0) is 26.8. The van der Waals surface area contributed by atoms with E-state index in [9.17, 15) is 9.90 Å². The maximum Gasteiger partial charge on any atom is 0.251 e. The van der Waals surface area contributed by atoms with Gasteiger partial charge in [-0.1, -0.05) is 95.1 Å². The lowest BCUT2D eigenvalue weighted by molar-refractivity contribution is 0.0802. The molecule has 1 aromatic rings. The average molecular weight is 531 g/mol. The molecule has 0 fully saturated rings. The Morgan fingerprint density at radius 2 is 1.59 bits per heavy atom. The van der Waals surface area contributed by atoms with Gasteiger partial charge in [-0.3, -0.25) is 4.79 Å². The molecule has 0 saturated carbocycles. The predicted molar refractivity (Wildman–Crippen MR) is 160 cm³/mol. The summed E-state index contributed by atoms with van der Waals surface area (Å²) < 4.78 is 0. The van der Waals surface area contributed by atoms with Crippen molar-refractivity contribution in [3.63, 3.8) is 0 Å². The molecule has 0 bridgehead atoms. The zero-order valence-corrected chi connectivity index (χ0v) is 24.6. The fourth-order valence-electron chi connectivity index (χ4n) is 5.15. The summed E-state index contributed by atoms with van der Waals surface area (Å²) in [5, 5.41) is 24.2. The fraction of sp³-hybridized carbons (Fsp3) is 0.710. The van der Waals surface area contributed by atoms with Gasteiger partial charge >= 0.3 is 0 Å². The second kappa shape index (κ2) is 18.6. The van der Waals surface area contributed by atoms with Crippen LogP contribution < -0.4 is 10.6 Å². The van der Waals surface area contributed by atoms with Crippen molar-refractivity contribution in [1.29, 1.82) is 0 Å². The van der Waals surface area contributed by atoms with Crippen LogP contribution in [0, 0.1) is 5.92 Å². The standard InChI is InChI=1S/C31H54N2O3Si/c1-37(2,24-21-27-15-11-10-12-16-27)23-14-9-7-5-3-4-6-8-13-22-32-29-19-17-28(18-20-29)31(36)33-25-30(35)26-34/h10-11,17-20,27,30,32,34-35H,3-9,12-16,21-26H2,1-2H3,(H,33,36). The molecule has 210 valence electrons. The van der Waals surface area contributed by atoms with Gasteiger partial charge in [0.25, 0.3) is 5.91 Å².